The van der Waals surface area contributed by atoms with Crippen molar-refractivity contribution in [2.24, 2.45) is 11.1 Å². The van der Waals surface area contributed by atoms with Gasteiger partial charge >= 0.3 is 0 Å². The summed E-state index contributed by atoms with van der Waals surface area (Å²) < 4.78 is 0. The van der Waals surface area contributed by atoms with E-state index in [1.807, 2.05) is 13.8 Å². The number of rotatable bonds is 2. The van der Waals surface area contributed by atoms with Gasteiger partial charge in [-0.15, -0.1) is 12.4 Å². The molecule has 4 heteroatoms. The van der Waals surface area contributed by atoms with Crippen molar-refractivity contribution < 1.29 is 4.84 Å². The van der Waals surface area contributed by atoms with Crippen molar-refractivity contribution >= 4 is 18.1 Å². The number of hydrogen-bond donors (Lipinski definition) is 0. The predicted octanol–water partition coefficient (Wildman–Crippen LogP) is 1.91. The van der Waals surface area contributed by atoms with E-state index >= 15 is 0 Å². The van der Waals surface area contributed by atoms with E-state index in [0.717, 1.165) is 6.54 Å². The summed E-state index contributed by atoms with van der Waals surface area (Å²) in [5, 5.41) is 4.24. The van der Waals surface area contributed by atoms with Crippen molar-refractivity contribution in [1.29, 1.82) is 0 Å². The molecule has 0 aromatic carbocycles. The van der Waals surface area contributed by atoms with E-state index in [2.05, 4.69) is 10.1 Å². The molecule has 0 radical (unpaired) electrons. The summed E-state index contributed by atoms with van der Waals surface area (Å²) in [6, 6.07) is 0. The molecule has 3 nitrogen and oxygen atoms in total. The molecule has 3 saturated heterocycles. The fourth-order valence-electron chi connectivity index (χ4n) is 2.06. The molecule has 82 valence electrons. The maximum Gasteiger partial charge on any atom is 0.122 e. The molecule has 0 saturated carbocycles. The first kappa shape index (κ1) is 11.8. The van der Waals surface area contributed by atoms with Crippen LogP contribution >= 0.6 is 12.4 Å². The van der Waals surface area contributed by atoms with Crippen LogP contribution in [0.4, 0.5) is 0 Å². The van der Waals surface area contributed by atoms with Crippen molar-refractivity contribution in [2.75, 3.05) is 19.6 Å². The van der Waals surface area contributed by atoms with Crippen LogP contribution < -0.4 is 0 Å². The standard InChI is InChI=1S/C10H18N2O.ClH/c1-8(2)13-11-10-7-12-5-3-9(10)4-6-12;/h8-9H,3-7H2,1-2H3;1H. The number of halogens is 1. The molecule has 3 fully saturated rings. The van der Waals surface area contributed by atoms with Crippen molar-refractivity contribution in [3.8, 4) is 0 Å². The van der Waals surface area contributed by atoms with Gasteiger partial charge in [0.15, 0.2) is 0 Å². The lowest BCUT2D eigenvalue weighted by atomic mass is 9.87. The lowest BCUT2D eigenvalue weighted by Gasteiger charge is -2.39. The van der Waals surface area contributed by atoms with Gasteiger partial charge < -0.3 is 4.84 Å². The van der Waals surface area contributed by atoms with E-state index in [-0.39, 0.29) is 18.5 Å². The smallest absolute Gasteiger partial charge is 0.122 e. The second kappa shape index (κ2) is 4.99. The van der Waals surface area contributed by atoms with Crippen LogP contribution in [0.15, 0.2) is 5.16 Å². The fraction of sp³-hybridized carbons (Fsp3) is 0.900. The summed E-state index contributed by atoms with van der Waals surface area (Å²) in [5.41, 5.74) is 1.27. The molecular weight excluding hydrogens is 200 g/mol. The van der Waals surface area contributed by atoms with E-state index in [1.54, 1.807) is 0 Å². The number of piperidine rings is 3. The Kier molecular flexibility index (Phi) is 4.20. The summed E-state index contributed by atoms with van der Waals surface area (Å²) in [6.45, 7) is 7.59. The van der Waals surface area contributed by atoms with Crippen LogP contribution in [0.3, 0.4) is 0 Å². The second-order valence-electron chi connectivity index (χ2n) is 4.29. The van der Waals surface area contributed by atoms with E-state index < -0.39 is 0 Å². The van der Waals surface area contributed by atoms with Gasteiger partial charge in [-0.3, -0.25) is 4.90 Å². The van der Waals surface area contributed by atoms with Crippen LogP contribution in [0.1, 0.15) is 26.7 Å². The van der Waals surface area contributed by atoms with Gasteiger partial charge in [0.05, 0.1) is 5.71 Å². The zero-order valence-corrected chi connectivity index (χ0v) is 9.72. The Bertz CT molecular complexity index is 210. The Balaban J connectivity index is 0.000000980. The van der Waals surface area contributed by atoms with Crippen molar-refractivity contribution in [3.63, 3.8) is 0 Å². The molecule has 0 spiro atoms. The van der Waals surface area contributed by atoms with Gasteiger partial charge in [0, 0.05) is 12.5 Å². The molecule has 0 aliphatic carbocycles. The molecular formula is C10H19ClN2O. The summed E-state index contributed by atoms with van der Waals surface area (Å²) >= 11 is 0. The lowest BCUT2D eigenvalue weighted by Crippen LogP contribution is -2.48. The minimum absolute atomic E-state index is 0. The average molecular weight is 219 g/mol. The number of hydrogen-bond acceptors (Lipinski definition) is 3. The monoisotopic (exact) mass is 218 g/mol. The third kappa shape index (κ3) is 2.61. The highest BCUT2D eigenvalue weighted by Gasteiger charge is 2.31. The second-order valence-corrected chi connectivity index (χ2v) is 4.29. The molecule has 0 amide bonds. The third-order valence-electron chi connectivity index (χ3n) is 2.83. The Hall–Kier alpha value is -0.280. The first-order valence-corrected chi connectivity index (χ1v) is 5.20. The van der Waals surface area contributed by atoms with Crippen LogP contribution in [0.25, 0.3) is 0 Å². The third-order valence-corrected chi connectivity index (χ3v) is 2.83. The predicted molar refractivity (Wildman–Crippen MR) is 60.1 cm³/mol. The van der Waals surface area contributed by atoms with Gasteiger partial charge in [-0.05, 0) is 39.8 Å². The molecule has 3 aliphatic heterocycles. The van der Waals surface area contributed by atoms with Crippen LogP contribution in [0.5, 0.6) is 0 Å². The maximum atomic E-state index is 5.30. The van der Waals surface area contributed by atoms with Gasteiger partial charge in [-0.1, -0.05) is 5.16 Å². The number of oxime groups is 1. The van der Waals surface area contributed by atoms with Crippen molar-refractivity contribution in [1.82, 2.24) is 4.90 Å². The minimum atomic E-state index is 0. The van der Waals surface area contributed by atoms with E-state index in [9.17, 15) is 0 Å². The molecule has 3 heterocycles. The highest BCUT2D eigenvalue weighted by Crippen LogP contribution is 2.25. The fourth-order valence-corrected chi connectivity index (χ4v) is 2.06. The number of fused-ring (bicyclic) bond motifs is 3. The van der Waals surface area contributed by atoms with E-state index in [1.165, 1.54) is 31.6 Å². The highest BCUT2D eigenvalue weighted by molar-refractivity contribution is 5.89. The van der Waals surface area contributed by atoms with Gasteiger partial charge in [0.25, 0.3) is 0 Å². The molecule has 0 unspecified atom stereocenters. The molecule has 2 bridgehead atoms. The summed E-state index contributed by atoms with van der Waals surface area (Å²) in [7, 11) is 0. The molecule has 14 heavy (non-hydrogen) atoms. The average Bonchev–Trinajstić information content (AvgIpc) is 2.17. The Morgan fingerprint density at radius 2 is 2.00 bits per heavy atom. The van der Waals surface area contributed by atoms with Crippen LogP contribution in [-0.2, 0) is 4.84 Å². The van der Waals surface area contributed by atoms with Crippen LogP contribution in [-0.4, -0.2) is 36.3 Å². The topological polar surface area (TPSA) is 24.8 Å². The quantitative estimate of drug-likeness (QED) is 0.662. The maximum absolute atomic E-state index is 5.30. The summed E-state index contributed by atoms with van der Waals surface area (Å²) in [4.78, 5) is 7.76. The van der Waals surface area contributed by atoms with Crippen LogP contribution in [0, 0.1) is 5.92 Å². The molecule has 3 aliphatic rings. The summed E-state index contributed by atoms with van der Waals surface area (Å²) in [6.07, 6.45) is 2.77. The zero-order valence-electron chi connectivity index (χ0n) is 8.90. The molecule has 0 atom stereocenters. The lowest BCUT2D eigenvalue weighted by molar-refractivity contribution is 0.0787. The van der Waals surface area contributed by atoms with Crippen molar-refractivity contribution in [2.45, 2.75) is 32.8 Å². The molecule has 3 rings (SSSR count). The summed E-state index contributed by atoms with van der Waals surface area (Å²) in [5.74, 6) is 0.712. The van der Waals surface area contributed by atoms with Crippen molar-refractivity contribution in [3.05, 3.63) is 0 Å². The number of nitrogens with zero attached hydrogens (tertiary/aromatic N) is 2. The van der Waals surface area contributed by atoms with Gasteiger partial charge in [0.1, 0.15) is 6.10 Å². The van der Waals surface area contributed by atoms with E-state index in [0.29, 0.717) is 5.92 Å². The Morgan fingerprint density at radius 3 is 2.43 bits per heavy atom. The zero-order chi connectivity index (χ0) is 9.26. The molecule has 0 N–H and O–H groups in total. The highest BCUT2D eigenvalue weighted by atomic mass is 35.5. The van der Waals surface area contributed by atoms with Gasteiger partial charge in [-0.2, -0.15) is 0 Å². The molecule has 0 aromatic heterocycles. The normalized spacial score (nSPS) is 33.2. The van der Waals surface area contributed by atoms with Gasteiger partial charge in [-0.25, -0.2) is 0 Å². The van der Waals surface area contributed by atoms with E-state index in [4.69, 9.17) is 4.84 Å². The first-order valence-electron chi connectivity index (χ1n) is 5.20. The minimum Gasteiger partial charge on any atom is -0.393 e. The van der Waals surface area contributed by atoms with Crippen LogP contribution in [0.2, 0.25) is 0 Å². The van der Waals surface area contributed by atoms with Gasteiger partial charge in [0.2, 0.25) is 0 Å². The largest absolute Gasteiger partial charge is 0.393 e. The Morgan fingerprint density at radius 1 is 1.36 bits per heavy atom. The molecule has 0 aromatic rings. The Labute approximate surface area is 91.9 Å². The SMILES string of the molecule is CC(C)ON=C1CN2CCC1CC2.Cl. The first-order chi connectivity index (χ1) is 6.25.